The van der Waals surface area contributed by atoms with Crippen molar-refractivity contribution in [2.45, 2.75) is 53.1 Å². The molecule has 0 unspecified atom stereocenters. The smallest absolute Gasteiger partial charge is 0.0885 e. The third kappa shape index (κ3) is 6.39. The molecular weight excluding hydrogens is 176 g/mol. The fourth-order valence-corrected chi connectivity index (χ4v) is 2.01. The fourth-order valence-electron chi connectivity index (χ4n) is 2.01. The standard InChI is InChI=1S/C12H26O2/c1-6-14-9-12(13,7-10(2)3)8-11(4)5/h10-11,13H,6-9H2,1-5H3. The maximum atomic E-state index is 10.4. The lowest BCUT2D eigenvalue weighted by Gasteiger charge is -2.31. The van der Waals surface area contributed by atoms with Crippen LogP contribution in [-0.2, 0) is 4.74 Å². The van der Waals surface area contributed by atoms with Crippen molar-refractivity contribution in [2.75, 3.05) is 13.2 Å². The Kier molecular flexibility index (Phi) is 6.38. The molecule has 0 aliphatic carbocycles. The van der Waals surface area contributed by atoms with Gasteiger partial charge in [-0.25, -0.2) is 0 Å². The van der Waals surface area contributed by atoms with E-state index in [1.165, 1.54) is 0 Å². The first-order valence-corrected chi connectivity index (χ1v) is 5.69. The van der Waals surface area contributed by atoms with Crippen LogP contribution in [0.5, 0.6) is 0 Å². The summed E-state index contributed by atoms with van der Waals surface area (Å²) in [4.78, 5) is 0. The minimum atomic E-state index is -0.627. The van der Waals surface area contributed by atoms with Gasteiger partial charge in [-0.15, -0.1) is 0 Å². The predicted octanol–water partition coefficient (Wildman–Crippen LogP) is 2.85. The Bertz CT molecular complexity index is 131. The molecule has 0 bridgehead atoms. The highest BCUT2D eigenvalue weighted by Crippen LogP contribution is 2.25. The summed E-state index contributed by atoms with van der Waals surface area (Å²) in [5.74, 6) is 1.03. The van der Waals surface area contributed by atoms with E-state index in [-0.39, 0.29) is 0 Å². The zero-order valence-electron chi connectivity index (χ0n) is 10.3. The second-order valence-corrected chi connectivity index (χ2v) is 5.06. The molecule has 0 rings (SSSR count). The SMILES string of the molecule is CCOCC(O)(CC(C)C)CC(C)C. The molecule has 2 heteroatoms. The minimum Gasteiger partial charge on any atom is -0.387 e. The average Bonchev–Trinajstić information content (AvgIpc) is 1.97. The van der Waals surface area contributed by atoms with Gasteiger partial charge >= 0.3 is 0 Å². The van der Waals surface area contributed by atoms with Gasteiger partial charge in [-0.2, -0.15) is 0 Å². The summed E-state index contributed by atoms with van der Waals surface area (Å²) in [7, 11) is 0. The van der Waals surface area contributed by atoms with Crippen molar-refractivity contribution < 1.29 is 9.84 Å². The van der Waals surface area contributed by atoms with E-state index >= 15 is 0 Å². The van der Waals surface area contributed by atoms with Gasteiger partial charge in [0.15, 0.2) is 0 Å². The summed E-state index contributed by atoms with van der Waals surface area (Å²) in [5.41, 5.74) is -0.627. The van der Waals surface area contributed by atoms with Gasteiger partial charge in [0.2, 0.25) is 0 Å². The van der Waals surface area contributed by atoms with E-state index in [1.807, 2.05) is 6.92 Å². The summed E-state index contributed by atoms with van der Waals surface area (Å²) < 4.78 is 5.35. The number of rotatable bonds is 7. The molecule has 0 atom stereocenters. The topological polar surface area (TPSA) is 29.5 Å². The zero-order chi connectivity index (χ0) is 11.2. The molecule has 0 fully saturated rings. The first-order valence-electron chi connectivity index (χ1n) is 5.69. The molecule has 0 aromatic carbocycles. The van der Waals surface area contributed by atoms with Crippen molar-refractivity contribution in [3.05, 3.63) is 0 Å². The van der Waals surface area contributed by atoms with Gasteiger partial charge in [0.25, 0.3) is 0 Å². The van der Waals surface area contributed by atoms with Crippen LogP contribution in [0.4, 0.5) is 0 Å². The molecule has 86 valence electrons. The van der Waals surface area contributed by atoms with Crippen LogP contribution in [0.25, 0.3) is 0 Å². The van der Waals surface area contributed by atoms with Crippen LogP contribution in [0, 0.1) is 11.8 Å². The molecule has 0 heterocycles. The molecule has 14 heavy (non-hydrogen) atoms. The third-order valence-corrected chi connectivity index (χ3v) is 2.15. The number of hydrogen-bond acceptors (Lipinski definition) is 2. The molecule has 2 nitrogen and oxygen atoms in total. The van der Waals surface area contributed by atoms with Crippen LogP contribution in [-0.4, -0.2) is 23.9 Å². The van der Waals surface area contributed by atoms with Gasteiger partial charge < -0.3 is 9.84 Å². The Labute approximate surface area is 88.7 Å². The third-order valence-electron chi connectivity index (χ3n) is 2.15. The molecule has 0 saturated carbocycles. The van der Waals surface area contributed by atoms with Gasteiger partial charge in [-0.05, 0) is 31.6 Å². The first kappa shape index (κ1) is 13.9. The van der Waals surface area contributed by atoms with Crippen LogP contribution in [0.15, 0.2) is 0 Å². The van der Waals surface area contributed by atoms with Crippen LogP contribution in [0.3, 0.4) is 0 Å². The lowest BCUT2D eigenvalue weighted by Crippen LogP contribution is -2.37. The summed E-state index contributed by atoms with van der Waals surface area (Å²) in [6.45, 7) is 11.7. The Morgan fingerprint density at radius 1 is 1.07 bits per heavy atom. The lowest BCUT2D eigenvalue weighted by atomic mass is 9.86. The van der Waals surface area contributed by atoms with E-state index in [2.05, 4.69) is 27.7 Å². The van der Waals surface area contributed by atoms with Crippen molar-refractivity contribution in [1.82, 2.24) is 0 Å². The van der Waals surface area contributed by atoms with Crippen molar-refractivity contribution >= 4 is 0 Å². The second-order valence-electron chi connectivity index (χ2n) is 5.06. The summed E-state index contributed by atoms with van der Waals surface area (Å²) >= 11 is 0. The Hall–Kier alpha value is -0.0800. The molecule has 0 radical (unpaired) electrons. The Morgan fingerprint density at radius 2 is 1.50 bits per heavy atom. The van der Waals surface area contributed by atoms with E-state index in [9.17, 15) is 5.11 Å². The lowest BCUT2D eigenvalue weighted by molar-refractivity contribution is -0.0682. The van der Waals surface area contributed by atoms with Crippen molar-refractivity contribution in [1.29, 1.82) is 0 Å². The van der Waals surface area contributed by atoms with Crippen LogP contribution < -0.4 is 0 Å². The number of ether oxygens (including phenoxy) is 1. The maximum Gasteiger partial charge on any atom is 0.0885 e. The normalized spacial score (nSPS) is 12.9. The molecule has 0 aliphatic heterocycles. The zero-order valence-corrected chi connectivity index (χ0v) is 10.3. The van der Waals surface area contributed by atoms with E-state index in [0.29, 0.717) is 25.0 Å². The van der Waals surface area contributed by atoms with E-state index in [4.69, 9.17) is 4.74 Å². The summed E-state index contributed by atoms with van der Waals surface area (Å²) in [6.07, 6.45) is 1.65. The van der Waals surface area contributed by atoms with E-state index in [1.54, 1.807) is 0 Å². The van der Waals surface area contributed by atoms with Gasteiger partial charge in [-0.1, -0.05) is 27.7 Å². The monoisotopic (exact) mass is 202 g/mol. The minimum absolute atomic E-state index is 0.472. The molecule has 0 amide bonds. The molecular formula is C12H26O2. The highest BCUT2D eigenvalue weighted by Gasteiger charge is 2.29. The van der Waals surface area contributed by atoms with Gasteiger partial charge in [-0.3, -0.25) is 0 Å². The predicted molar refractivity (Wildman–Crippen MR) is 60.4 cm³/mol. The number of aliphatic hydroxyl groups is 1. The molecule has 0 spiro atoms. The largest absolute Gasteiger partial charge is 0.387 e. The molecule has 0 saturated heterocycles. The van der Waals surface area contributed by atoms with Crippen LogP contribution in [0.2, 0.25) is 0 Å². The maximum absolute atomic E-state index is 10.4. The van der Waals surface area contributed by atoms with Crippen LogP contribution in [0.1, 0.15) is 47.5 Å². The van der Waals surface area contributed by atoms with Crippen LogP contribution >= 0.6 is 0 Å². The quantitative estimate of drug-likeness (QED) is 0.688. The van der Waals surface area contributed by atoms with Crippen molar-refractivity contribution in [2.24, 2.45) is 11.8 Å². The van der Waals surface area contributed by atoms with Crippen molar-refractivity contribution in [3.8, 4) is 0 Å². The second kappa shape index (κ2) is 6.41. The van der Waals surface area contributed by atoms with Gasteiger partial charge in [0.05, 0.1) is 12.2 Å². The Morgan fingerprint density at radius 3 is 1.79 bits per heavy atom. The molecule has 0 aromatic rings. The van der Waals surface area contributed by atoms with E-state index < -0.39 is 5.60 Å². The molecule has 0 aromatic heterocycles. The highest BCUT2D eigenvalue weighted by molar-refractivity contribution is 4.80. The Balaban J connectivity index is 4.17. The molecule has 0 aliphatic rings. The van der Waals surface area contributed by atoms with Gasteiger partial charge in [0.1, 0.15) is 0 Å². The van der Waals surface area contributed by atoms with E-state index in [0.717, 1.165) is 12.8 Å². The molecule has 1 N–H and O–H groups in total. The fraction of sp³-hybridized carbons (Fsp3) is 1.00. The first-order chi connectivity index (χ1) is 6.39. The summed E-state index contributed by atoms with van der Waals surface area (Å²) in [5, 5.41) is 10.4. The van der Waals surface area contributed by atoms with Gasteiger partial charge in [0, 0.05) is 6.61 Å². The van der Waals surface area contributed by atoms with Crippen molar-refractivity contribution in [3.63, 3.8) is 0 Å². The summed E-state index contributed by atoms with van der Waals surface area (Å²) in [6, 6.07) is 0. The average molecular weight is 202 g/mol. The number of hydrogen-bond donors (Lipinski definition) is 1. The highest BCUT2D eigenvalue weighted by atomic mass is 16.5.